The Balaban J connectivity index is 2.26. The van der Waals surface area contributed by atoms with Crippen molar-refractivity contribution in [1.29, 1.82) is 0 Å². The van der Waals surface area contributed by atoms with E-state index < -0.39 is 17.1 Å². The number of aromatic nitrogens is 2. The van der Waals surface area contributed by atoms with Crippen molar-refractivity contribution in [1.82, 2.24) is 9.66 Å². The second kappa shape index (κ2) is 5.06. The number of rotatable bonds is 2. The number of carboxylic acid groups (broad SMARTS) is 1. The van der Waals surface area contributed by atoms with Crippen molar-refractivity contribution >= 4 is 17.0 Å². The molecule has 1 aromatic carbocycles. The first-order valence-electron chi connectivity index (χ1n) is 6.43. The molecule has 0 aliphatic carbocycles. The van der Waals surface area contributed by atoms with E-state index in [1.165, 1.54) is 22.9 Å². The summed E-state index contributed by atoms with van der Waals surface area (Å²) in [4.78, 5) is 37.3. The molecule has 1 saturated heterocycles. The predicted molar refractivity (Wildman–Crippen MR) is 74.6 cm³/mol. The van der Waals surface area contributed by atoms with Crippen LogP contribution in [-0.2, 0) is 4.74 Å². The number of carbonyl (C=O) groups is 1. The highest BCUT2D eigenvalue weighted by Crippen LogP contribution is 2.12. The highest BCUT2D eigenvalue weighted by atomic mass is 16.5. The van der Waals surface area contributed by atoms with Gasteiger partial charge in [-0.05, 0) is 18.2 Å². The van der Waals surface area contributed by atoms with Gasteiger partial charge in [-0.3, -0.25) is 9.59 Å². The molecule has 0 bridgehead atoms. The second-order valence-corrected chi connectivity index (χ2v) is 4.67. The molecule has 2 aromatic rings. The summed E-state index contributed by atoms with van der Waals surface area (Å²) in [5.74, 6) is -1.10. The first-order valence-corrected chi connectivity index (χ1v) is 6.43. The Kier molecular flexibility index (Phi) is 3.22. The van der Waals surface area contributed by atoms with Gasteiger partial charge in [-0.2, -0.15) is 0 Å². The summed E-state index contributed by atoms with van der Waals surface area (Å²) < 4.78 is 6.53. The van der Waals surface area contributed by atoms with E-state index >= 15 is 0 Å². The van der Waals surface area contributed by atoms with Crippen LogP contribution in [0.15, 0.2) is 27.8 Å². The number of aromatic carboxylic acids is 1. The maximum Gasteiger partial charge on any atom is 0.335 e. The first-order chi connectivity index (χ1) is 10.1. The number of carboxylic acids is 1. The van der Waals surface area contributed by atoms with E-state index in [-0.39, 0.29) is 5.56 Å². The minimum atomic E-state index is -1.10. The normalized spacial score (nSPS) is 15.3. The highest BCUT2D eigenvalue weighted by molar-refractivity contribution is 5.92. The number of aromatic amines is 1. The molecule has 0 atom stereocenters. The lowest BCUT2D eigenvalue weighted by Crippen LogP contribution is -2.52. The van der Waals surface area contributed by atoms with Gasteiger partial charge in [0, 0.05) is 0 Å². The van der Waals surface area contributed by atoms with Crippen LogP contribution in [-0.4, -0.2) is 47.0 Å². The monoisotopic (exact) mass is 291 g/mol. The van der Waals surface area contributed by atoms with E-state index in [0.717, 1.165) is 0 Å². The number of hydrogen-bond acceptors (Lipinski definition) is 5. The average molecular weight is 291 g/mol. The van der Waals surface area contributed by atoms with Crippen LogP contribution in [0, 0.1) is 0 Å². The maximum absolute atomic E-state index is 12.1. The summed E-state index contributed by atoms with van der Waals surface area (Å²) in [6.07, 6.45) is 0. The lowest BCUT2D eigenvalue weighted by atomic mass is 10.2. The number of hydrogen-bond donors (Lipinski definition) is 2. The minimum Gasteiger partial charge on any atom is -0.478 e. The van der Waals surface area contributed by atoms with Crippen molar-refractivity contribution in [2.45, 2.75) is 0 Å². The molecule has 21 heavy (non-hydrogen) atoms. The molecule has 1 aliphatic heterocycles. The molecule has 1 aliphatic rings. The van der Waals surface area contributed by atoms with Crippen molar-refractivity contribution in [2.75, 3.05) is 31.3 Å². The van der Waals surface area contributed by atoms with E-state index in [2.05, 4.69) is 4.98 Å². The predicted octanol–water partition coefficient (Wildman–Crippen LogP) is -0.644. The molecule has 3 rings (SSSR count). The third-order valence-electron chi connectivity index (χ3n) is 3.38. The topological polar surface area (TPSA) is 105 Å². The number of nitrogens with one attached hydrogen (secondary N) is 1. The van der Waals surface area contributed by atoms with Gasteiger partial charge in [0.25, 0.3) is 0 Å². The van der Waals surface area contributed by atoms with E-state index in [0.29, 0.717) is 37.3 Å². The number of benzene rings is 1. The van der Waals surface area contributed by atoms with Gasteiger partial charge in [-0.25, -0.2) is 9.47 Å². The van der Waals surface area contributed by atoms with Gasteiger partial charge in [0.05, 0.1) is 42.9 Å². The zero-order chi connectivity index (χ0) is 15.0. The molecule has 0 unspecified atom stereocenters. The minimum absolute atomic E-state index is 0.0466. The van der Waals surface area contributed by atoms with E-state index in [1.807, 2.05) is 0 Å². The lowest BCUT2D eigenvalue weighted by Gasteiger charge is -2.30. The fourth-order valence-corrected chi connectivity index (χ4v) is 2.37. The Morgan fingerprint density at radius 3 is 2.62 bits per heavy atom. The van der Waals surface area contributed by atoms with Crippen molar-refractivity contribution in [3.63, 3.8) is 0 Å². The fraction of sp³-hybridized carbons (Fsp3) is 0.308. The van der Waals surface area contributed by atoms with E-state index in [1.54, 1.807) is 5.01 Å². The van der Waals surface area contributed by atoms with Crippen molar-refractivity contribution in [2.24, 2.45) is 0 Å². The van der Waals surface area contributed by atoms with Crippen LogP contribution < -0.4 is 16.1 Å². The summed E-state index contributed by atoms with van der Waals surface area (Å²) in [5.41, 5.74) is -0.646. The molecule has 0 spiro atoms. The second-order valence-electron chi connectivity index (χ2n) is 4.67. The molecule has 8 heteroatoms. The lowest BCUT2D eigenvalue weighted by molar-refractivity contribution is 0.0697. The Bertz CT molecular complexity index is 817. The van der Waals surface area contributed by atoms with E-state index in [4.69, 9.17) is 9.84 Å². The summed E-state index contributed by atoms with van der Waals surface area (Å²) in [7, 11) is 0. The number of nitrogens with zero attached hydrogens (tertiary/aromatic N) is 2. The quantitative estimate of drug-likeness (QED) is 0.713. The standard InChI is InChI=1S/C13H13N3O5/c17-11-12(18)16(15-3-5-21-6-4-15)10-2-1-8(13(19)20)7-9(10)14-11/h1-2,7H,3-6H2,(H,14,17)(H,19,20). The van der Waals surface area contributed by atoms with Gasteiger partial charge in [0.15, 0.2) is 0 Å². The number of H-pyrrole nitrogens is 1. The van der Waals surface area contributed by atoms with Gasteiger partial charge in [-0.15, -0.1) is 0 Å². The highest BCUT2D eigenvalue weighted by Gasteiger charge is 2.17. The van der Waals surface area contributed by atoms with Crippen LogP contribution in [0.3, 0.4) is 0 Å². The number of ether oxygens (including phenoxy) is 1. The zero-order valence-corrected chi connectivity index (χ0v) is 11.0. The third kappa shape index (κ3) is 2.29. The largest absolute Gasteiger partial charge is 0.478 e. The summed E-state index contributed by atoms with van der Waals surface area (Å²) in [6.45, 7) is 1.90. The van der Waals surface area contributed by atoms with E-state index in [9.17, 15) is 14.4 Å². The van der Waals surface area contributed by atoms with Crippen LogP contribution in [0.25, 0.3) is 11.0 Å². The third-order valence-corrected chi connectivity index (χ3v) is 3.38. The SMILES string of the molecule is O=C(O)c1ccc2c(c1)[nH]c(=O)c(=O)n2N1CCOCC1. The Hall–Kier alpha value is -2.61. The summed E-state index contributed by atoms with van der Waals surface area (Å²) >= 11 is 0. The zero-order valence-electron chi connectivity index (χ0n) is 11.0. The van der Waals surface area contributed by atoms with Gasteiger partial charge in [0.1, 0.15) is 0 Å². The average Bonchev–Trinajstić information content (AvgIpc) is 2.49. The molecule has 1 fully saturated rings. The number of fused-ring (bicyclic) bond motifs is 1. The number of morpholine rings is 1. The molecule has 1 aromatic heterocycles. The molecule has 0 radical (unpaired) electrons. The Morgan fingerprint density at radius 1 is 1.24 bits per heavy atom. The van der Waals surface area contributed by atoms with Crippen LogP contribution in [0.1, 0.15) is 10.4 Å². The van der Waals surface area contributed by atoms with Gasteiger partial charge in [-0.1, -0.05) is 0 Å². The van der Waals surface area contributed by atoms with Crippen LogP contribution in [0.2, 0.25) is 0 Å². The van der Waals surface area contributed by atoms with Gasteiger partial charge in [0.2, 0.25) is 0 Å². The molecule has 0 amide bonds. The molecular formula is C13H13N3O5. The first kappa shape index (κ1) is 13.4. The molecule has 110 valence electrons. The van der Waals surface area contributed by atoms with Crippen molar-refractivity contribution in [3.8, 4) is 0 Å². The molecular weight excluding hydrogens is 278 g/mol. The van der Waals surface area contributed by atoms with Crippen molar-refractivity contribution < 1.29 is 14.6 Å². The van der Waals surface area contributed by atoms with Crippen LogP contribution in [0.4, 0.5) is 0 Å². The van der Waals surface area contributed by atoms with Gasteiger partial charge < -0.3 is 19.8 Å². The maximum atomic E-state index is 12.1. The Labute approximate surface area is 118 Å². The Morgan fingerprint density at radius 2 is 1.95 bits per heavy atom. The van der Waals surface area contributed by atoms with Crippen molar-refractivity contribution in [3.05, 3.63) is 44.5 Å². The van der Waals surface area contributed by atoms with Crippen LogP contribution in [0.5, 0.6) is 0 Å². The fourth-order valence-electron chi connectivity index (χ4n) is 2.37. The molecule has 8 nitrogen and oxygen atoms in total. The smallest absolute Gasteiger partial charge is 0.335 e. The van der Waals surface area contributed by atoms with Crippen LogP contribution >= 0.6 is 0 Å². The molecule has 2 heterocycles. The molecule has 2 N–H and O–H groups in total. The van der Waals surface area contributed by atoms with Gasteiger partial charge >= 0.3 is 17.1 Å². The molecule has 0 saturated carbocycles. The summed E-state index contributed by atoms with van der Waals surface area (Å²) in [5, 5.41) is 10.7. The summed E-state index contributed by atoms with van der Waals surface area (Å²) in [6, 6.07) is 4.26.